The van der Waals surface area contributed by atoms with Crippen molar-refractivity contribution >= 4 is 6.29 Å². The molecule has 0 saturated heterocycles. The Balaban J connectivity index is 2.11. The first-order valence-corrected chi connectivity index (χ1v) is 6.27. The van der Waals surface area contributed by atoms with Gasteiger partial charge in [-0.05, 0) is 23.6 Å². The minimum Gasteiger partial charge on any atom is -0.302 e. The first-order valence-electron chi connectivity index (χ1n) is 6.27. The van der Waals surface area contributed by atoms with Crippen LogP contribution in [0.25, 0.3) is 11.1 Å². The largest absolute Gasteiger partial charge is 0.302 e. The van der Waals surface area contributed by atoms with Crippen LogP contribution in [0.3, 0.4) is 0 Å². The molecule has 0 spiro atoms. The molecular formula is C16H17NO2. The van der Waals surface area contributed by atoms with Crippen molar-refractivity contribution in [3.63, 3.8) is 0 Å². The van der Waals surface area contributed by atoms with Gasteiger partial charge in [-0.1, -0.05) is 54.6 Å². The van der Waals surface area contributed by atoms with E-state index in [2.05, 4.69) is 23.7 Å². The van der Waals surface area contributed by atoms with E-state index >= 15 is 0 Å². The second kappa shape index (κ2) is 6.83. The van der Waals surface area contributed by atoms with E-state index in [0.717, 1.165) is 23.0 Å². The summed E-state index contributed by atoms with van der Waals surface area (Å²) in [6.07, 6.45) is 0.809. The quantitative estimate of drug-likeness (QED) is 0.637. The molecule has 0 aliphatic carbocycles. The molecule has 0 aliphatic heterocycles. The number of hydrogen-bond acceptors (Lipinski definition) is 3. The van der Waals surface area contributed by atoms with E-state index in [4.69, 9.17) is 4.84 Å². The maximum Gasteiger partial charge on any atom is 0.138 e. The van der Waals surface area contributed by atoms with Crippen molar-refractivity contribution < 1.29 is 9.63 Å². The molecule has 2 aromatic carbocycles. The minimum absolute atomic E-state index is 0.302. The van der Waals surface area contributed by atoms with Gasteiger partial charge in [0, 0.05) is 0 Å². The first-order chi connectivity index (χ1) is 9.31. The highest BCUT2D eigenvalue weighted by Gasteiger charge is 2.05. The molecule has 0 heterocycles. The molecule has 0 bridgehead atoms. The highest BCUT2D eigenvalue weighted by atomic mass is 16.6. The summed E-state index contributed by atoms with van der Waals surface area (Å²) < 4.78 is 0. The zero-order valence-corrected chi connectivity index (χ0v) is 10.9. The van der Waals surface area contributed by atoms with Crippen molar-refractivity contribution in [3.05, 3.63) is 60.2 Å². The minimum atomic E-state index is -0.302. The molecule has 1 N–H and O–H groups in total. The molecule has 2 aromatic rings. The monoisotopic (exact) mass is 255 g/mol. The van der Waals surface area contributed by atoms with Gasteiger partial charge in [-0.25, -0.2) is 0 Å². The molecule has 98 valence electrons. The zero-order chi connectivity index (χ0) is 13.5. The topological polar surface area (TPSA) is 38.3 Å². The van der Waals surface area contributed by atoms with E-state index in [0.29, 0.717) is 6.61 Å². The molecule has 0 aliphatic rings. The Kier molecular flexibility index (Phi) is 4.84. The third kappa shape index (κ3) is 3.74. The summed E-state index contributed by atoms with van der Waals surface area (Å²) in [4.78, 5) is 15.8. The Bertz CT molecular complexity index is 525. The highest BCUT2D eigenvalue weighted by Crippen LogP contribution is 2.23. The lowest BCUT2D eigenvalue weighted by Gasteiger charge is -2.11. The van der Waals surface area contributed by atoms with Gasteiger partial charge in [0.05, 0.1) is 12.6 Å². The molecule has 3 nitrogen and oxygen atoms in total. The summed E-state index contributed by atoms with van der Waals surface area (Å²) in [5, 5.41) is 0. The van der Waals surface area contributed by atoms with Crippen molar-refractivity contribution in [1.82, 2.24) is 5.48 Å². The molecule has 0 fully saturated rings. The molecule has 0 amide bonds. The summed E-state index contributed by atoms with van der Waals surface area (Å²) in [6, 6.07) is 17.9. The summed E-state index contributed by atoms with van der Waals surface area (Å²) in [5.74, 6) is 0. The molecular weight excluding hydrogens is 238 g/mol. The van der Waals surface area contributed by atoms with Crippen LogP contribution in [0.15, 0.2) is 54.6 Å². The Morgan fingerprint density at radius 1 is 1.11 bits per heavy atom. The fourth-order valence-electron chi connectivity index (χ4n) is 1.82. The normalized spacial score (nSPS) is 12.1. The van der Waals surface area contributed by atoms with E-state index in [-0.39, 0.29) is 6.04 Å². The lowest BCUT2D eigenvalue weighted by Crippen LogP contribution is -2.27. The number of benzene rings is 2. The van der Waals surface area contributed by atoms with Gasteiger partial charge < -0.3 is 4.79 Å². The summed E-state index contributed by atoms with van der Waals surface area (Å²) in [7, 11) is 0. The van der Waals surface area contributed by atoms with Crippen LogP contribution in [-0.4, -0.2) is 12.3 Å². The molecule has 3 heteroatoms. The van der Waals surface area contributed by atoms with Crippen molar-refractivity contribution in [2.75, 3.05) is 0 Å². The fraction of sp³-hybridized carbons (Fsp3) is 0.188. The van der Waals surface area contributed by atoms with Crippen LogP contribution in [0, 0.1) is 0 Å². The van der Waals surface area contributed by atoms with Crippen molar-refractivity contribution in [2.45, 2.75) is 19.6 Å². The lowest BCUT2D eigenvalue weighted by atomic mass is 10.0. The number of carbonyl (C=O) groups excluding carboxylic acids is 1. The van der Waals surface area contributed by atoms with Gasteiger partial charge in [0.2, 0.25) is 0 Å². The smallest absolute Gasteiger partial charge is 0.138 e. The van der Waals surface area contributed by atoms with Crippen LogP contribution >= 0.6 is 0 Å². The maximum atomic E-state index is 10.5. The van der Waals surface area contributed by atoms with Crippen LogP contribution in [0.5, 0.6) is 0 Å². The second-order valence-electron chi connectivity index (χ2n) is 4.35. The number of hydrogen-bond donors (Lipinski definition) is 1. The second-order valence-corrected chi connectivity index (χ2v) is 4.35. The van der Waals surface area contributed by atoms with E-state index < -0.39 is 0 Å². The average molecular weight is 255 g/mol. The van der Waals surface area contributed by atoms with Crippen molar-refractivity contribution in [3.8, 4) is 11.1 Å². The van der Waals surface area contributed by atoms with Crippen LogP contribution in [0.1, 0.15) is 12.5 Å². The average Bonchev–Trinajstić information content (AvgIpc) is 2.48. The Hall–Kier alpha value is -1.97. The first kappa shape index (κ1) is 13.5. The Labute approximate surface area is 113 Å². The van der Waals surface area contributed by atoms with E-state index in [1.807, 2.05) is 36.4 Å². The molecule has 0 aromatic heterocycles. The van der Waals surface area contributed by atoms with Crippen molar-refractivity contribution in [2.24, 2.45) is 0 Å². The fourth-order valence-corrected chi connectivity index (χ4v) is 1.82. The SMILES string of the molecule is C[C@@H](C=O)NOCc1ccccc1-c1ccccc1. The van der Waals surface area contributed by atoms with Crippen molar-refractivity contribution in [1.29, 1.82) is 0 Å². The Morgan fingerprint density at radius 2 is 1.79 bits per heavy atom. The van der Waals surface area contributed by atoms with Gasteiger partial charge in [0.25, 0.3) is 0 Å². The van der Waals surface area contributed by atoms with Gasteiger partial charge in [-0.3, -0.25) is 4.84 Å². The number of rotatable bonds is 6. The molecule has 0 unspecified atom stereocenters. The van der Waals surface area contributed by atoms with Crippen LogP contribution < -0.4 is 5.48 Å². The lowest BCUT2D eigenvalue weighted by molar-refractivity contribution is -0.113. The standard InChI is InChI=1S/C16H17NO2/c1-13(11-18)17-19-12-15-9-5-6-10-16(15)14-7-3-2-4-8-14/h2-11,13,17H,12H2,1H3/t13-/m0/s1. The highest BCUT2D eigenvalue weighted by molar-refractivity contribution is 5.67. The third-order valence-electron chi connectivity index (χ3n) is 2.80. The third-order valence-corrected chi connectivity index (χ3v) is 2.80. The van der Waals surface area contributed by atoms with Gasteiger partial charge in [0.15, 0.2) is 0 Å². The molecule has 2 rings (SSSR count). The molecule has 0 saturated carbocycles. The van der Waals surface area contributed by atoms with Gasteiger partial charge >= 0.3 is 0 Å². The van der Waals surface area contributed by atoms with Gasteiger partial charge in [-0.2, -0.15) is 5.48 Å². The number of nitrogens with one attached hydrogen (secondary N) is 1. The maximum absolute atomic E-state index is 10.5. The van der Waals surface area contributed by atoms with Gasteiger partial charge in [0.1, 0.15) is 6.29 Å². The van der Waals surface area contributed by atoms with E-state index in [1.54, 1.807) is 6.92 Å². The van der Waals surface area contributed by atoms with Crippen LogP contribution in [-0.2, 0) is 16.2 Å². The van der Waals surface area contributed by atoms with Gasteiger partial charge in [-0.15, -0.1) is 0 Å². The summed E-state index contributed by atoms with van der Waals surface area (Å²) >= 11 is 0. The van der Waals surface area contributed by atoms with E-state index in [9.17, 15) is 4.79 Å². The summed E-state index contributed by atoms with van der Waals surface area (Å²) in [5.41, 5.74) is 6.07. The van der Waals surface area contributed by atoms with Crippen LogP contribution in [0.4, 0.5) is 0 Å². The van der Waals surface area contributed by atoms with E-state index in [1.165, 1.54) is 0 Å². The Morgan fingerprint density at radius 3 is 2.53 bits per heavy atom. The molecule has 19 heavy (non-hydrogen) atoms. The predicted octanol–water partition coefficient (Wildman–Crippen LogP) is 2.96. The zero-order valence-electron chi connectivity index (χ0n) is 10.9. The summed E-state index contributed by atoms with van der Waals surface area (Å²) in [6.45, 7) is 2.17. The number of carbonyl (C=O) groups is 1. The molecule has 1 atom stereocenters. The number of aldehydes is 1. The predicted molar refractivity (Wildman–Crippen MR) is 75.3 cm³/mol. The number of hydroxylamine groups is 1. The molecule has 0 radical (unpaired) electrons. The van der Waals surface area contributed by atoms with Crippen LogP contribution in [0.2, 0.25) is 0 Å².